The molecule has 10 heteroatoms. The molecule has 346 valence electrons. The van der Waals surface area contributed by atoms with E-state index in [0.717, 1.165) is 44.9 Å². The van der Waals surface area contributed by atoms with Crippen molar-refractivity contribution in [2.45, 2.75) is 187 Å². The predicted octanol–water partition coefficient (Wildman–Crippen LogP) is 13.2. The van der Waals surface area contributed by atoms with E-state index in [4.69, 9.17) is 18.5 Å². The van der Waals surface area contributed by atoms with Gasteiger partial charge in [0.1, 0.15) is 19.8 Å². The maximum atomic E-state index is 12.7. The lowest BCUT2D eigenvalue weighted by molar-refractivity contribution is -0.870. The highest BCUT2D eigenvalue weighted by Crippen LogP contribution is 2.38. The Kier molecular flexibility index (Phi) is 40.0. The van der Waals surface area contributed by atoms with E-state index >= 15 is 0 Å². The van der Waals surface area contributed by atoms with Gasteiger partial charge in [0.15, 0.2) is 6.10 Å². The molecule has 0 heterocycles. The molecule has 1 unspecified atom stereocenters. The number of unbranched alkanes of at least 4 members (excludes halogenated alkanes) is 16. The van der Waals surface area contributed by atoms with E-state index in [1.807, 2.05) is 33.3 Å². The van der Waals surface area contributed by atoms with E-state index in [-0.39, 0.29) is 26.1 Å². The second-order valence-electron chi connectivity index (χ2n) is 16.8. The molecule has 0 spiro atoms. The van der Waals surface area contributed by atoms with Gasteiger partial charge in [-0.2, -0.15) is 0 Å². The maximum Gasteiger partial charge on any atom is 0.306 e. The van der Waals surface area contributed by atoms with Crippen molar-refractivity contribution in [1.29, 1.82) is 0 Å². The van der Waals surface area contributed by atoms with Gasteiger partial charge in [-0.05, 0) is 77.0 Å². The Balaban J connectivity index is 4.44. The normalized spacial score (nSPS) is 14.2. The lowest BCUT2D eigenvalue weighted by Crippen LogP contribution is -2.37. The molecule has 0 aliphatic carbocycles. The summed E-state index contributed by atoms with van der Waals surface area (Å²) in [6.07, 6.45) is 52.2. The van der Waals surface area contributed by atoms with Crippen LogP contribution >= 0.6 is 7.82 Å². The molecule has 0 aromatic rings. The average molecular weight is 862 g/mol. The summed E-state index contributed by atoms with van der Waals surface area (Å²) >= 11 is 0. The molecule has 0 aromatic carbocycles. The number of rotatable bonds is 42. The van der Waals surface area contributed by atoms with E-state index in [9.17, 15) is 19.0 Å². The largest absolute Gasteiger partial charge is 0.756 e. The number of phosphoric ester groups is 1. The van der Waals surface area contributed by atoms with Crippen LogP contribution < -0.4 is 4.89 Å². The first-order valence-electron chi connectivity index (χ1n) is 23.6. The number of allylic oxidation sites excluding steroid dienone is 12. The fraction of sp³-hybridized carbons (Fsp3) is 0.720. The van der Waals surface area contributed by atoms with Crippen LogP contribution in [0.4, 0.5) is 0 Å². The lowest BCUT2D eigenvalue weighted by atomic mass is 10.1. The number of hydrogen-bond donors (Lipinski definition) is 0. The number of esters is 2. The fourth-order valence-corrected chi connectivity index (χ4v) is 6.71. The Labute approximate surface area is 368 Å². The van der Waals surface area contributed by atoms with Gasteiger partial charge < -0.3 is 27.9 Å². The van der Waals surface area contributed by atoms with Gasteiger partial charge in [-0.25, -0.2) is 0 Å². The molecule has 0 aromatic heterocycles. The molecule has 0 aliphatic rings. The highest BCUT2D eigenvalue weighted by molar-refractivity contribution is 7.45. The lowest BCUT2D eigenvalue weighted by Gasteiger charge is -2.28. The molecular formula is C50H88NO8P. The Bertz CT molecular complexity index is 1250. The van der Waals surface area contributed by atoms with Crippen molar-refractivity contribution in [3.8, 4) is 0 Å². The summed E-state index contributed by atoms with van der Waals surface area (Å²) in [4.78, 5) is 37.6. The third kappa shape index (κ3) is 45.0. The van der Waals surface area contributed by atoms with Gasteiger partial charge in [-0.3, -0.25) is 14.2 Å². The quantitative estimate of drug-likeness (QED) is 0.0196. The average Bonchev–Trinajstić information content (AvgIpc) is 3.20. The van der Waals surface area contributed by atoms with Crippen LogP contribution in [0.1, 0.15) is 181 Å². The summed E-state index contributed by atoms with van der Waals surface area (Å²) in [6.45, 7) is 4.10. The molecule has 0 radical (unpaired) electrons. The van der Waals surface area contributed by atoms with Gasteiger partial charge in [0.2, 0.25) is 0 Å². The van der Waals surface area contributed by atoms with Crippen molar-refractivity contribution in [3.05, 3.63) is 72.9 Å². The molecule has 2 atom stereocenters. The van der Waals surface area contributed by atoms with Gasteiger partial charge in [0.05, 0.1) is 27.7 Å². The van der Waals surface area contributed by atoms with E-state index in [2.05, 4.69) is 74.6 Å². The second-order valence-corrected chi connectivity index (χ2v) is 18.2. The van der Waals surface area contributed by atoms with Crippen LogP contribution in [0, 0.1) is 0 Å². The van der Waals surface area contributed by atoms with Gasteiger partial charge in [-0.15, -0.1) is 0 Å². The number of carbonyl (C=O) groups is 2. The smallest absolute Gasteiger partial charge is 0.306 e. The summed E-state index contributed by atoms with van der Waals surface area (Å²) in [7, 11) is 1.12. The van der Waals surface area contributed by atoms with Crippen molar-refractivity contribution in [3.63, 3.8) is 0 Å². The first-order valence-corrected chi connectivity index (χ1v) is 25.1. The zero-order valence-electron chi connectivity index (χ0n) is 38.9. The van der Waals surface area contributed by atoms with Crippen LogP contribution in [0.3, 0.4) is 0 Å². The fourth-order valence-electron chi connectivity index (χ4n) is 5.98. The van der Waals surface area contributed by atoms with Gasteiger partial charge in [-0.1, -0.05) is 164 Å². The molecule has 0 saturated heterocycles. The van der Waals surface area contributed by atoms with Crippen LogP contribution in [0.2, 0.25) is 0 Å². The molecule has 0 saturated carbocycles. The highest BCUT2D eigenvalue weighted by atomic mass is 31.2. The van der Waals surface area contributed by atoms with Crippen molar-refractivity contribution in [2.75, 3.05) is 47.5 Å². The minimum absolute atomic E-state index is 0.0451. The number of likely N-dealkylation sites (N-methyl/N-ethyl adjacent to an activating group) is 1. The zero-order chi connectivity index (χ0) is 44.3. The van der Waals surface area contributed by atoms with Crippen LogP contribution in [0.15, 0.2) is 72.9 Å². The monoisotopic (exact) mass is 862 g/mol. The maximum absolute atomic E-state index is 12.7. The summed E-state index contributed by atoms with van der Waals surface area (Å²) in [5.74, 6) is -0.936. The highest BCUT2D eigenvalue weighted by Gasteiger charge is 2.21. The summed E-state index contributed by atoms with van der Waals surface area (Å²) < 4.78 is 33.9. The molecule has 0 amide bonds. The van der Waals surface area contributed by atoms with Crippen LogP contribution in [-0.4, -0.2) is 70.0 Å². The van der Waals surface area contributed by atoms with Crippen molar-refractivity contribution in [1.82, 2.24) is 0 Å². The standard InChI is InChI=1S/C50H88NO8P/c1-6-8-10-12-14-16-18-20-22-24-25-27-28-30-32-34-36-38-40-42-49(52)56-46-48(47-58-60(54,55)57-45-44-51(3,4)5)59-50(53)43-41-39-37-35-33-31-29-26-23-21-19-17-15-13-11-9-7-2/h14,16-17,19-20,22,25,27,30,32,36,38,48H,6-13,15,18,21,23-24,26,28-29,31,33-35,37,39-47H2,1-5H3/b16-14+,19-17+,22-20+,27-25+,32-30+,38-36+/t48-/m1/s1. The molecule has 0 bridgehead atoms. The molecule has 0 rings (SSSR count). The van der Waals surface area contributed by atoms with E-state index in [0.29, 0.717) is 23.9 Å². The van der Waals surface area contributed by atoms with E-state index in [1.165, 1.54) is 96.3 Å². The number of nitrogens with zero attached hydrogens (tertiary/aromatic N) is 1. The minimum Gasteiger partial charge on any atom is -0.756 e. The molecule has 0 aliphatic heterocycles. The number of ether oxygens (including phenoxy) is 2. The molecule has 60 heavy (non-hydrogen) atoms. The van der Waals surface area contributed by atoms with Crippen molar-refractivity contribution in [2.24, 2.45) is 0 Å². The Hall–Kier alpha value is -2.55. The van der Waals surface area contributed by atoms with Gasteiger partial charge in [0, 0.05) is 12.8 Å². The van der Waals surface area contributed by atoms with Crippen molar-refractivity contribution < 1.29 is 42.1 Å². The number of carbonyl (C=O) groups excluding carboxylic acids is 2. The first kappa shape index (κ1) is 57.4. The minimum atomic E-state index is -4.65. The summed E-state index contributed by atoms with van der Waals surface area (Å²) in [5.41, 5.74) is 0. The van der Waals surface area contributed by atoms with Crippen LogP contribution in [-0.2, 0) is 32.7 Å². The predicted molar refractivity (Wildman–Crippen MR) is 249 cm³/mol. The number of quaternary nitrogens is 1. The Morgan fingerprint density at radius 3 is 1.45 bits per heavy atom. The Morgan fingerprint density at radius 2 is 0.933 bits per heavy atom. The Morgan fingerprint density at radius 1 is 0.517 bits per heavy atom. The molecule has 0 fully saturated rings. The molecular weight excluding hydrogens is 774 g/mol. The third-order valence-electron chi connectivity index (χ3n) is 9.71. The van der Waals surface area contributed by atoms with Gasteiger partial charge in [0.25, 0.3) is 7.82 Å². The van der Waals surface area contributed by atoms with Crippen LogP contribution in [0.5, 0.6) is 0 Å². The van der Waals surface area contributed by atoms with E-state index < -0.39 is 32.5 Å². The zero-order valence-corrected chi connectivity index (χ0v) is 39.8. The molecule has 9 nitrogen and oxygen atoms in total. The third-order valence-corrected chi connectivity index (χ3v) is 10.7. The summed E-state index contributed by atoms with van der Waals surface area (Å²) in [6, 6.07) is 0. The van der Waals surface area contributed by atoms with Crippen molar-refractivity contribution >= 4 is 19.8 Å². The summed E-state index contributed by atoms with van der Waals surface area (Å²) in [5, 5.41) is 0. The molecule has 0 N–H and O–H groups in total. The van der Waals surface area contributed by atoms with Crippen LogP contribution in [0.25, 0.3) is 0 Å². The second kappa shape index (κ2) is 41.8. The number of hydrogen-bond acceptors (Lipinski definition) is 8. The number of phosphoric acid groups is 1. The van der Waals surface area contributed by atoms with Gasteiger partial charge >= 0.3 is 11.9 Å². The van der Waals surface area contributed by atoms with E-state index in [1.54, 1.807) is 0 Å². The SMILES string of the molecule is CCCCC/C=C/C/C=C/C/C=C/C/C=C/C/C=C/CCC(=O)OC[C@H](COP(=O)([O-])OCC[N+](C)(C)C)OC(=O)CCCCCCCCCCC/C=C/CCCCCC. The first-order chi connectivity index (χ1) is 29.0. The topological polar surface area (TPSA) is 111 Å².